The van der Waals surface area contributed by atoms with Crippen LogP contribution in [0, 0.1) is 0 Å². The van der Waals surface area contributed by atoms with Gasteiger partial charge < -0.3 is 18.6 Å². The Labute approximate surface area is 156 Å². The van der Waals surface area contributed by atoms with Gasteiger partial charge in [-0.15, -0.1) is 0 Å². The van der Waals surface area contributed by atoms with Gasteiger partial charge in [-0.1, -0.05) is 17.3 Å². The highest BCUT2D eigenvalue weighted by Gasteiger charge is 2.24. The maximum absolute atomic E-state index is 12.3. The van der Waals surface area contributed by atoms with Crippen molar-refractivity contribution in [2.45, 2.75) is 6.54 Å². The predicted molar refractivity (Wildman–Crippen MR) is 96.2 cm³/mol. The third-order valence-electron chi connectivity index (χ3n) is 4.55. The molecule has 3 aromatic rings. The van der Waals surface area contributed by atoms with Gasteiger partial charge in [0.15, 0.2) is 5.76 Å². The van der Waals surface area contributed by atoms with Crippen molar-refractivity contribution >= 4 is 5.91 Å². The highest BCUT2D eigenvalue weighted by Crippen LogP contribution is 2.21. The van der Waals surface area contributed by atoms with Crippen LogP contribution in [0.3, 0.4) is 0 Å². The Morgan fingerprint density at radius 3 is 2.78 bits per heavy atom. The summed E-state index contributed by atoms with van der Waals surface area (Å²) < 4.78 is 15.8. The smallest absolute Gasteiger partial charge is 0.289 e. The van der Waals surface area contributed by atoms with Gasteiger partial charge in [0, 0.05) is 31.7 Å². The molecule has 140 valence electrons. The lowest BCUT2D eigenvalue weighted by atomic mass is 10.2. The Kier molecular flexibility index (Phi) is 4.88. The van der Waals surface area contributed by atoms with Crippen molar-refractivity contribution in [2.75, 3.05) is 33.3 Å². The van der Waals surface area contributed by atoms with Gasteiger partial charge in [0.1, 0.15) is 5.75 Å². The van der Waals surface area contributed by atoms with Crippen molar-refractivity contribution < 1.29 is 18.5 Å². The Bertz CT molecular complexity index is 898. The number of methoxy groups -OCH3 is 1. The number of piperazine rings is 1. The zero-order valence-corrected chi connectivity index (χ0v) is 15.0. The molecular weight excluding hydrogens is 348 g/mol. The predicted octanol–water partition coefficient (Wildman–Crippen LogP) is 2.30. The summed E-state index contributed by atoms with van der Waals surface area (Å²) in [4.78, 5) is 20.8. The summed E-state index contributed by atoms with van der Waals surface area (Å²) in [5.41, 5.74) is 0.846. The second-order valence-corrected chi connectivity index (χ2v) is 6.29. The lowest BCUT2D eigenvalue weighted by molar-refractivity contribution is 0.0585. The van der Waals surface area contributed by atoms with Crippen molar-refractivity contribution in [3.8, 4) is 17.1 Å². The fourth-order valence-corrected chi connectivity index (χ4v) is 3.05. The number of rotatable bonds is 5. The normalized spacial score (nSPS) is 15.1. The maximum Gasteiger partial charge on any atom is 0.289 e. The molecule has 0 radical (unpaired) electrons. The zero-order valence-electron chi connectivity index (χ0n) is 15.0. The van der Waals surface area contributed by atoms with E-state index in [9.17, 15) is 4.79 Å². The summed E-state index contributed by atoms with van der Waals surface area (Å²) in [6.45, 7) is 3.30. The molecule has 1 saturated heterocycles. The quantitative estimate of drug-likeness (QED) is 0.683. The first-order valence-corrected chi connectivity index (χ1v) is 8.75. The van der Waals surface area contributed by atoms with E-state index < -0.39 is 0 Å². The molecule has 4 rings (SSSR count). The van der Waals surface area contributed by atoms with Crippen molar-refractivity contribution in [1.29, 1.82) is 0 Å². The van der Waals surface area contributed by atoms with Crippen LogP contribution >= 0.6 is 0 Å². The lowest BCUT2D eigenvalue weighted by Gasteiger charge is -2.33. The molecule has 3 heterocycles. The number of amides is 1. The average Bonchev–Trinajstić information content (AvgIpc) is 3.40. The van der Waals surface area contributed by atoms with E-state index in [2.05, 4.69) is 15.0 Å². The molecule has 0 bridgehead atoms. The number of hydrogen-bond acceptors (Lipinski definition) is 7. The number of carbonyl (C=O) groups is 1. The summed E-state index contributed by atoms with van der Waals surface area (Å²) in [7, 11) is 1.62. The first-order valence-electron chi connectivity index (χ1n) is 8.75. The Hall–Kier alpha value is -3.13. The number of hydrogen-bond donors (Lipinski definition) is 0. The summed E-state index contributed by atoms with van der Waals surface area (Å²) in [5.74, 6) is 2.14. The summed E-state index contributed by atoms with van der Waals surface area (Å²) in [5, 5.41) is 4.06. The standard InChI is InChI=1S/C19H20N4O4/c1-25-15-5-2-4-14(12-15)18-20-17(27-21-18)13-22-7-9-23(10-8-22)19(24)16-6-3-11-26-16/h2-6,11-12H,7-10,13H2,1H3. The van der Waals surface area contributed by atoms with E-state index in [0.29, 0.717) is 37.1 Å². The van der Waals surface area contributed by atoms with Crippen LogP contribution in [0.5, 0.6) is 5.75 Å². The van der Waals surface area contributed by atoms with E-state index in [1.807, 2.05) is 24.3 Å². The summed E-state index contributed by atoms with van der Waals surface area (Å²) in [6.07, 6.45) is 1.51. The maximum atomic E-state index is 12.3. The van der Waals surface area contributed by atoms with Gasteiger partial charge in [-0.25, -0.2) is 0 Å². The highest BCUT2D eigenvalue weighted by atomic mass is 16.5. The Morgan fingerprint density at radius 1 is 1.19 bits per heavy atom. The second kappa shape index (κ2) is 7.63. The zero-order chi connectivity index (χ0) is 18.6. The van der Waals surface area contributed by atoms with Gasteiger partial charge in [-0.3, -0.25) is 9.69 Å². The third kappa shape index (κ3) is 3.85. The Morgan fingerprint density at radius 2 is 2.04 bits per heavy atom. The van der Waals surface area contributed by atoms with Crippen molar-refractivity contribution in [3.63, 3.8) is 0 Å². The van der Waals surface area contributed by atoms with Crippen LogP contribution in [0.25, 0.3) is 11.4 Å². The number of benzene rings is 1. The van der Waals surface area contributed by atoms with Crippen LogP contribution in [0.15, 0.2) is 51.6 Å². The molecule has 0 aliphatic carbocycles. The van der Waals surface area contributed by atoms with Crippen LogP contribution in [0.2, 0.25) is 0 Å². The molecule has 27 heavy (non-hydrogen) atoms. The number of aromatic nitrogens is 2. The molecule has 1 amide bonds. The fourth-order valence-electron chi connectivity index (χ4n) is 3.05. The molecule has 1 aromatic carbocycles. The van der Waals surface area contributed by atoms with Crippen molar-refractivity contribution in [2.24, 2.45) is 0 Å². The summed E-state index contributed by atoms with van der Waals surface area (Å²) in [6, 6.07) is 10.9. The second-order valence-electron chi connectivity index (χ2n) is 6.29. The van der Waals surface area contributed by atoms with Crippen LogP contribution in [0.4, 0.5) is 0 Å². The topological polar surface area (TPSA) is 84.8 Å². The third-order valence-corrected chi connectivity index (χ3v) is 4.55. The molecule has 8 heteroatoms. The minimum atomic E-state index is -0.0715. The molecule has 0 atom stereocenters. The number of ether oxygens (including phenoxy) is 1. The minimum absolute atomic E-state index is 0.0715. The first kappa shape index (κ1) is 17.3. The molecular formula is C19H20N4O4. The van der Waals surface area contributed by atoms with E-state index in [-0.39, 0.29) is 5.91 Å². The summed E-state index contributed by atoms with van der Waals surface area (Å²) >= 11 is 0. The molecule has 2 aromatic heterocycles. The molecule has 0 N–H and O–H groups in total. The lowest BCUT2D eigenvalue weighted by Crippen LogP contribution is -2.48. The first-order chi connectivity index (χ1) is 13.2. The monoisotopic (exact) mass is 368 g/mol. The van der Waals surface area contributed by atoms with Crippen LogP contribution in [-0.2, 0) is 6.54 Å². The van der Waals surface area contributed by atoms with Crippen LogP contribution in [0.1, 0.15) is 16.4 Å². The average molecular weight is 368 g/mol. The fraction of sp³-hybridized carbons (Fsp3) is 0.316. The van der Waals surface area contributed by atoms with Gasteiger partial charge >= 0.3 is 0 Å². The molecule has 8 nitrogen and oxygen atoms in total. The van der Waals surface area contributed by atoms with E-state index >= 15 is 0 Å². The molecule has 0 saturated carbocycles. The van der Waals surface area contributed by atoms with Crippen LogP contribution in [-0.4, -0.2) is 59.1 Å². The van der Waals surface area contributed by atoms with E-state index in [0.717, 1.165) is 24.4 Å². The largest absolute Gasteiger partial charge is 0.497 e. The molecule has 1 fully saturated rings. The van der Waals surface area contributed by atoms with E-state index in [4.69, 9.17) is 13.7 Å². The van der Waals surface area contributed by atoms with Gasteiger partial charge in [-0.2, -0.15) is 4.98 Å². The van der Waals surface area contributed by atoms with Gasteiger partial charge in [-0.05, 0) is 24.3 Å². The highest BCUT2D eigenvalue weighted by molar-refractivity contribution is 5.91. The van der Waals surface area contributed by atoms with E-state index in [1.165, 1.54) is 6.26 Å². The van der Waals surface area contributed by atoms with Crippen molar-refractivity contribution in [3.05, 3.63) is 54.3 Å². The van der Waals surface area contributed by atoms with Gasteiger partial charge in [0.25, 0.3) is 5.91 Å². The number of carbonyl (C=O) groups excluding carboxylic acids is 1. The van der Waals surface area contributed by atoms with Gasteiger partial charge in [0.05, 0.1) is 19.9 Å². The minimum Gasteiger partial charge on any atom is -0.497 e. The van der Waals surface area contributed by atoms with E-state index in [1.54, 1.807) is 24.1 Å². The Balaban J connectivity index is 1.34. The number of nitrogens with zero attached hydrogens (tertiary/aromatic N) is 4. The van der Waals surface area contributed by atoms with Crippen LogP contribution < -0.4 is 4.74 Å². The van der Waals surface area contributed by atoms with Crippen molar-refractivity contribution in [1.82, 2.24) is 19.9 Å². The molecule has 0 unspecified atom stereocenters. The number of furan rings is 1. The van der Waals surface area contributed by atoms with Gasteiger partial charge in [0.2, 0.25) is 11.7 Å². The SMILES string of the molecule is COc1cccc(-c2noc(CN3CCN(C(=O)c4ccco4)CC3)n2)c1. The molecule has 0 spiro atoms. The molecule has 1 aliphatic heterocycles. The molecule has 1 aliphatic rings.